The van der Waals surface area contributed by atoms with Crippen LogP contribution in [0.5, 0.6) is 0 Å². The van der Waals surface area contributed by atoms with Crippen molar-refractivity contribution in [3.63, 3.8) is 0 Å². The molecule has 1 aromatic carbocycles. The molecular formula is C13H14ClN3O. The van der Waals surface area contributed by atoms with Gasteiger partial charge in [-0.25, -0.2) is 4.98 Å². The fraction of sp³-hybridized carbons (Fsp3) is 0.308. The number of aliphatic hydroxyl groups is 1. The molecule has 1 N–H and O–H groups in total. The molecule has 1 aliphatic heterocycles. The van der Waals surface area contributed by atoms with Gasteiger partial charge in [-0.2, -0.15) is 0 Å². The number of rotatable bonds is 2. The summed E-state index contributed by atoms with van der Waals surface area (Å²) in [5.74, 6) is 1.06. The van der Waals surface area contributed by atoms with Gasteiger partial charge in [-0.05, 0) is 18.2 Å². The van der Waals surface area contributed by atoms with E-state index in [0.717, 1.165) is 36.7 Å². The second-order valence-corrected chi connectivity index (χ2v) is 4.83. The van der Waals surface area contributed by atoms with Gasteiger partial charge in [-0.3, -0.25) is 0 Å². The summed E-state index contributed by atoms with van der Waals surface area (Å²) in [7, 11) is 0. The average molecular weight is 264 g/mol. The fourth-order valence-corrected chi connectivity index (χ4v) is 2.56. The topological polar surface area (TPSA) is 41.3 Å². The van der Waals surface area contributed by atoms with Gasteiger partial charge in [0.25, 0.3) is 0 Å². The SMILES string of the molecule is OCc1cc(Cl)ccc1N1CCn2ccnc2C1. The van der Waals surface area contributed by atoms with E-state index in [1.165, 1.54) is 0 Å². The monoisotopic (exact) mass is 263 g/mol. The highest BCUT2D eigenvalue weighted by molar-refractivity contribution is 6.30. The zero-order valence-corrected chi connectivity index (χ0v) is 10.6. The first-order chi connectivity index (χ1) is 8.78. The minimum Gasteiger partial charge on any atom is -0.392 e. The molecule has 0 spiro atoms. The smallest absolute Gasteiger partial charge is 0.128 e. The van der Waals surface area contributed by atoms with Crippen molar-refractivity contribution in [1.82, 2.24) is 9.55 Å². The molecule has 1 aromatic heterocycles. The van der Waals surface area contributed by atoms with Crippen molar-refractivity contribution in [2.24, 2.45) is 0 Å². The normalized spacial score (nSPS) is 14.7. The lowest BCUT2D eigenvalue weighted by Crippen LogP contribution is -2.34. The van der Waals surface area contributed by atoms with Crippen molar-refractivity contribution in [1.29, 1.82) is 0 Å². The van der Waals surface area contributed by atoms with E-state index in [2.05, 4.69) is 14.5 Å². The summed E-state index contributed by atoms with van der Waals surface area (Å²) in [5, 5.41) is 10.1. The third kappa shape index (κ3) is 1.98. The van der Waals surface area contributed by atoms with Gasteiger partial charge in [-0.15, -0.1) is 0 Å². The summed E-state index contributed by atoms with van der Waals surface area (Å²) in [4.78, 5) is 6.56. The maximum Gasteiger partial charge on any atom is 0.128 e. The highest BCUT2D eigenvalue weighted by Gasteiger charge is 2.18. The molecule has 4 nitrogen and oxygen atoms in total. The van der Waals surface area contributed by atoms with E-state index in [9.17, 15) is 5.11 Å². The number of imidazole rings is 1. The number of nitrogens with zero attached hydrogens (tertiary/aromatic N) is 3. The van der Waals surface area contributed by atoms with Crippen molar-refractivity contribution in [2.75, 3.05) is 11.4 Å². The lowest BCUT2D eigenvalue weighted by Gasteiger charge is -2.31. The van der Waals surface area contributed by atoms with Crippen LogP contribution < -0.4 is 4.90 Å². The second-order valence-electron chi connectivity index (χ2n) is 4.39. The predicted octanol–water partition coefficient (Wildman–Crippen LogP) is 2.05. The van der Waals surface area contributed by atoms with Crippen LogP contribution in [0.2, 0.25) is 5.02 Å². The quantitative estimate of drug-likeness (QED) is 0.902. The predicted molar refractivity (Wildman–Crippen MR) is 70.7 cm³/mol. The fourth-order valence-electron chi connectivity index (χ4n) is 2.37. The van der Waals surface area contributed by atoms with Crippen molar-refractivity contribution < 1.29 is 5.11 Å². The Morgan fingerprint density at radius 3 is 3.06 bits per heavy atom. The molecule has 0 unspecified atom stereocenters. The first-order valence-corrected chi connectivity index (χ1v) is 6.30. The largest absolute Gasteiger partial charge is 0.392 e. The molecular weight excluding hydrogens is 250 g/mol. The Hall–Kier alpha value is -1.52. The number of aliphatic hydroxyl groups excluding tert-OH is 1. The number of halogens is 1. The number of aromatic nitrogens is 2. The van der Waals surface area contributed by atoms with Crippen LogP contribution in [0.15, 0.2) is 30.6 Å². The molecule has 0 atom stereocenters. The zero-order valence-electron chi connectivity index (χ0n) is 9.88. The summed E-state index contributed by atoms with van der Waals surface area (Å²) in [6.45, 7) is 2.60. The van der Waals surface area contributed by atoms with E-state index >= 15 is 0 Å². The maximum absolute atomic E-state index is 9.42. The van der Waals surface area contributed by atoms with Crippen LogP contribution in [0, 0.1) is 0 Å². The molecule has 2 aromatic rings. The van der Waals surface area contributed by atoms with Gasteiger partial charge in [0.15, 0.2) is 0 Å². The van der Waals surface area contributed by atoms with Crippen LogP contribution in [0.3, 0.4) is 0 Å². The van der Waals surface area contributed by atoms with Gasteiger partial charge >= 0.3 is 0 Å². The maximum atomic E-state index is 9.42. The van der Waals surface area contributed by atoms with E-state index < -0.39 is 0 Å². The van der Waals surface area contributed by atoms with Crippen LogP contribution in [-0.4, -0.2) is 21.2 Å². The molecule has 0 amide bonds. The Morgan fingerprint density at radius 2 is 2.22 bits per heavy atom. The first kappa shape index (κ1) is 11.6. The summed E-state index contributed by atoms with van der Waals surface area (Å²) in [6.07, 6.45) is 3.83. The third-order valence-electron chi connectivity index (χ3n) is 3.30. The Bertz CT molecular complexity index is 567. The van der Waals surface area contributed by atoms with Gasteiger partial charge in [0.1, 0.15) is 5.82 Å². The van der Waals surface area contributed by atoms with E-state index in [0.29, 0.717) is 5.02 Å². The summed E-state index contributed by atoms with van der Waals surface area (Å²) < 4.78 is 2.16. The van der Waals surface area contributed by atoms with E-state index in [-0.39, 0.29) is 6.61 Å². The summed E-state index contributed by atoms with van der Waals surface area (Å²) >= 11 is 5.95. The van der Waals surface area contributed by atoms with Gasteiger partial charge < -0.3 is 14.6 Å². The number of fused-ring (bicyclic) bond motifs is 1. The molecule has 0 aliphatic carbocycles. The Morgan fingerprint density at radius 1 is 1.33 bits per heavy atom. The molecule has 5 heteroatoms. The van der Waals surface area contributed by atoms with Crippen molar-refractivity contribution in [3.05, 3.63) is 47.0 Å². The number of benzene rings is 1. The highest BCUT2D eigenvalue weighted by Crippen LogP contribution is 2.27. The summed E-state index contributed by atoms with van der Waals surface area (Å²) in [6, 6.07) is 5.64. The molecule has 18 heavy (non-hydrogen) atoms. The lowest BCUT2D eigenvalue weighted by atomic mass is 10.1. The molecule has 94 valence electrons. The Kier molecular flexibility index (Phi) is 2.97. The van der Waals surface area contributed by atoms with Gasteiger partial charge in [0.2, 0.25) is 0 Å². The standard InChI is InChI=1S/C13H14ClN3O/c14-11-1-2-12(10(7-11)9-18)17-6-5-16-4-3-15-13(16)8-17/h1-4,7,18H,5-6,8-9H2. The molecule has 0 fully saturated rings. The molecule has 0 saturated carbocycles. The van der Waals surface area contributed by atoms with Crippen molar-refractivity contribution in [2.45, 2.75) is 19.7 Å². The second kappa shape index (κ2) is 4.63. The molecule has 0 saturated heterocycles. The highest BCUT2D eigenvalue weighted by atomic mass is 35.5. The van der Waals surface area contributed by atoms with Crippen molar-refractivity contribution >= 4 is 17.3 Å². The van der Waals surface area contributed by atoms with Crippen LogP contribution in [0.25, 0.3) is 0 Å². The zero-order chi connectivity index (χ0) is 12.5. The molecule has 0 bridgehead atoms. The van der Waals surface area contributed by atoms with Crippen molar-refractivity contribution in [3.8, 4) is 0 Å². The molecule has 3 rings (SSSR count). The Balaban J connectivity index is 1.93. The number of hydrogen-bond acceptors (Lipinski definition) is 3. The average Bonchev–Trinajstić information content (AvgIpc) is 2.85. The van der Waals surface area contributed by atoms with Crippen LogP contribution in [-0.2, 0) is 19.7 Å². The molecule has 0 radical (unpaired) electrons. The lowest BCUT2D eigenvalue weighted by molar-refractivity contribution is 0.282. The van der Waals surface area contributed by atoms with Gasteiger partial charge in [0, 0.05) is 41.8 Å². The Labute approximate surface area is 110 Å². The summed E-state index contributed by atoms with van der Waals surface area (Å²) in [5.41, 5.74) is 1.90. The third-order valence-corrected chi connectivity index (χ3v) is 3.53. The number of anilines is 1. The van der Waals surface area contributed by atoms with Gasteiger partial charge in [0.05, 0.1) is 13.2 Å². The van der Waals surface area contributed by atoms with E-state index in [4.69, 9.17) is 11.6 Å². The molecule has 2 heterocycles. The van der Waals surface area contributed by atoms with Crippen LogP contribution in [0.4, 0.5) is 5.69 Å². The number of hydrogen-bond donors (Lipinski definition) is 1. The van der Waals surface area contributed by atoms with Gasteiger partial charge in [-0.1, -0.05) is 11.6 Å². The minimum absolute atomic E-state index is 0.000827. The first-order valence-electron chi connectivity index (χ1n) is 5.92. The molecule has 1 aliphatic rings. The van der Waals surface area contributed by atoms with Crippen LogP contribution >= 0.6 is 11.6 Å². The van der Waals surface area contributed by atoms with E-state index in [1.54, 1.807) is 0 Å². The van der Waals surface area contributed by atoms with E-state index in [1.807, 2.05) is 30.6 Å². The minimum atomic E-state index is 0.000827. The van der Waals surface area contributed by atoms with Crippen LogP contribution in [0.1, 0.15) is 11.4 Å².